The van der Waals surface area contributed by atoms with Crippen LogP contribution in [0.15, 0.2) is 84.2 Å². The molecule has 0 saturated heterocycles. The molecule has 2 atom stereocenters. The van der Waals surface area contributed by atoms with Crippen LogP contribution in [0.4, 0.5) is 0 Å². The van der Waals surface area contributed by atoms with Crippen molar-refractivity contribution in [3.63, 3.8) is 0 Å². The lowest BCUT2D eigenvalue weighted by Gasteiger charge is -2.41. The monoisotopic (exact) mass is 354 g/mol. The summed E-state index contributed by atoms with van der Waals surface area (Å²) in [4.78, 5) is 3.71. The summed E-state index contributed by atoms with van der Waals surface area (Å²) in [6, 6.07) is 23.9. The molecule has 2 aromatic rings. The van der Waals surface area contributed by atoms with Gasteiger partial charge in [0.05, 0.1) is 12.1 Å². The quantitative estimate of drug-likeness (QED) is 0.718. The molecule has 0 fully saturated rings. The third-order valence-electron chi connectivity index (χ3n) is 5.33. The zero-order valence-electron chi connectivity index (χ0n) is 14.3. The van der Waals surface area contributed by atoms with Crippen molar-refractivity contribution in [1.29, 1.82) is 5.26 Å². The van der Waals surface area contributed by atoms with Crippen molar-refractivity contribution in [1.82, 2.24) is 4.90 Å². The third-order valence-corrected chi connectivity index (χ3v) is 6.71. The van der Waals surface area contributed by atoms with E-state index in [9.17, 15) is 5.26 Å². The summed E-state index contributed by atoms with van der Waals surface area (Å²) >= 11 is 1.74. The molecular formula is C23H18N2S. The van der Waals surface area contributed by atoms with Crippen LogP contribution in [0.25, 0.3) is 10.5 Å². The van der Waals surface area contributed by atoms with Gasteiger partial charge in [-0.2, -0.15) is 5.26 Å². The number of nitriles is 1. The number of rotatable bonds is 2. The smallest absolute Gasteiger partial charge is 0.117 e. The molecule has 3 heteroatoms. The summed E-state index contributed by atoms with van der Waals surface area (Å²) < 4.78 is 0. The SMILES string of the molecule is N#C[C@@H]1SC(c2ccccc2)=C2CC(c3ccccc3)=C3C=CC[C@@H]1N32. The number of allylic oxidation sites excluding steroid dienone is 2. The van der Waals surface area contributed by atoms with E-state index in [0.717, 1.165) is 12.8 Å². The Labute approximate surface area is 158 Å². The van der Waals surface area contributed by atoms with Crippen LogP contribution in [0, 0.1) is 11.3 Å². The van der Waals surface area contributed by atoms with Crippen LogP contribution in [0.1, 0.15) is 24.0 Å². The van der Waals surface area contributed by atoms with Gasteiger partial charge < -0.3 is 4.90 Å². The Hall–Kier alpha value is -2.70. The summed E-state index contributed by atoms with van der Waals surface area (Å²) in [5, 5.41) is 9.76. The zero-order chi connectivity index (χ0) is 17.5. The first-order valence-electron chi connectivity index (χ1n) is 8.96. The average molecular weight is 354 g/mol. The normalized spacial score (nSPS) is 23.9. The maximum Gasteiger partial charge on any atom is 0.117 e. The van der Waals surface area contributed by atoms with Gasteiger partial charge >= 0.3 is 0 Å². The highest BCUT2D eigenvalue weighted by Gasteiger charge is 2.43. The lowest BCUT2D eigenvalue weighted by molar-refractivity contribution is 0.330. The van der Waals surface area contributed by atoms with E-state index >= 15 is 0 Å². The van der Waals surface area contributed by atoms with Gasteiger partial charge in [-0.05, 0) is 29.2 Å². The van der Waals surface area contributed by atoms with E-state index in [1.54, 1.807) is 11.8 Å². The van der Waals surface area contributed by atoms with Gasteiger partial charge in [0.25, 0.3) is 0 Å². The molecule has 0 saturated carbocycles. The highest BCUT2D eigenvalue weighted by atomic mass is 32.2. The van der Waals surface area contributed by atoms with Gasteiger partial charge in [-0.1, -0.05) is 66.7 Å². The van der Waals surface area contributed by atoms with Gasteiger partial charge in [-0.15, -0.1) is 11.8 Å². The van der Waals surface area contributed by atoms with Gasteiger partial charge in [-0.3, -0.25) is 0 Å². The Kier molecular flexibility index (Phi) is 3.72. The lowest BCUT2D eigenvalue weighted by atomic mass is 10.00. The predicted molar refractivity (Wildman–Crippen MR) is 108 cm³/mol. The fourth-order valence-corrected chi connectivity index (χ4v) is 5.44. The van der Waals surface area contributed by atoms with E-state index in [1.807, 2.05) is 6.07 Å². The Balaban J connectivity index is 1.71. The molecule has 26 heavy (non-hydrogen) atoms. The van der Waals surface area contributed by atoms with Crippen molar-refractivity contribution in [2.75, 3.05) is 0 Å². The predicted octanol–water partition coefficient (Wildman–Crippen LogP) is 5.44. The molecule has 3 heterocycles. The molecular weight excluding hydrogens is 336 g/mol. The Morgan fingerprint density at radius 3 is 2.35 bits per heavy atom. The second-order valence-corrected chi connectivity index (χ2v) is 7.94. The van der Waals surface area contributed by atoms with Gasteiger partial charge in [0, 0.05) is 22.7 Å². The van der Waals surface area contributed by atoms with Crippen molar-refractivity contribution in [3.8, 4) is 6.07 Å². The van der Waals surface area contributed by atoms with Crippen LogP contribution in [0.5, 0.6) is 0 Å². The molecule has 0 spiro atoms. The fraction of sp³-hybridized carbons (Fsp3) is 0.174. The van der Waals surface area contributed by atoms with Crippen molar-refractivity contribution in [3.05, 3.63) is 95.3 Å². The molecule has 0 aliphatic carbocycles. The Morgan fingerprint density at radius 1 is 0.962 bits per heavy atom. The Morgan fingerprint density at radius 2 is 1.65 bits per heavy atom. The van der Waals surface area contributed by atoms with Crippen LogP contribution < -0.4 is 0 Å². The molecule has 0 radical (unpaired) electrons. The van der Waals surface area contributed by atoms with Crippen LogP contribution in [0.2, 0.25) is 0 Å². The molecule has 2 nitrogen and oxygen atoms in total. The van der Waals surface area contributed by atoms with E-state index in [1.165, 1.54) is 33.0 Å². The van der Waals surface area contributed by atoms with Crippen LogP contribution in [-0.2, 0) is 0 Å². The number of nitrogens with zero attached hydrogens (tertiary/aromatic N) is 2. The van der Waals surface area contributed by atoms with Gasteiger partial charge in [0.2, 0.25) is 0 Å². The average Bonchev–Trinajstić information content (AvgIpc) is 3.11. The van der Waals surface area contributed by atoms with Gasteiger partial charge in [0.15, 0.2) is 0 Å². The van der Waals surface area contributed by atoms with Crippen LogP contribution in [0.3, 0.4) is 0 Å². The molecule has 0 amide bonds. The first-order chi connectivity index (χ1) is 12.9. The van der Waals surface area contributed by atoms with Gasteiger partial charge in [-0.25, -0.2) is 0 Å². The second kappa shape index (κ2) is 6.23. The molecule has 2 aromatic carbocycles. The van der Waals surface area contributed by atoms with Crippen molar-refractivity contribution in [2.45, 2.75) is 24.1 Å². The maximum atomic E-state index is 9.81. The highest BCUT2D eigenvalue weighted by Crippen LogP contribution is 2.53. The zero-order valence-corrected chi connectivity index (χ0v) is 15.1. The van der Waals surface area contributed by atoms with Gasteiger partial charge in [0.1, 0.15) is 5.25 Å². The van der Waals surface area contributed by atoms with Crippen molar-refractivity contribution >= 4 is 22.2 Å². The van der Waals surface area contributed by atoms with E-state index in [0.29, 0.717) is 0 Å². The first-order valence-corrected chi connectivity index (χ1v) is 9.84. The number of benzene rings is 2. The summed E-state index contributed by atoms with van der Waals surface area (Å²) in [5.74, 6) is 0. The van der Waals surface area contributed by atoms with E-state index < -0.39 is 0 Å². The fourth-order valence-electron chi connectivity index (χ4n) is 4.17. The second-order valence-electron chi connectivity index (χ2n) is 6.79. The standard InChI is InChI=1S/C23H18N2S/c24-15-22-20-13-7-12-19-18(16-8-3-1-4-9-16)14-21(25(19)20)23(26-22)17-10-5-2-6-11-17/h1-12,20,22H,13-14H2/t20-,22-/m0/s1. The van der Waals surface area contributed by atoms with Crippen molar-refractivity contribution in [2.24, 2.45) is 0 Å². The number of hydrogen-bond acceptors (Lipinski definition) is 3. The molecule has 0 bridgehead atoms. The minimum Gasteiger partial charge on any atom is -0.338 e. The molecule has 0 N–H and O–H groups in total. The molecule has 3 aliphatic rings. The van der Waals surface area contributed by atoms with Crippen molar-refractivity contribution < 1.29 is 0 Å². The lowest BCUT2D eigenvalue weighted by Crippen LogP contribution is -2.42. The summed E-state index contributed by atoms with van der Waals surface area (Å²) in [7, 11) is 0. The topological polar surface area (TPSA) is 27.0 Å². The maximum absolute atomic E-state index is 9.81. The summed E-state index contributed by atoms with van der Waals surface area (Å²) in [6.07, 6.45) is 6.34. The van der Waals surface area contributed by atoms with E-state index in [-0.39, 0.29) is 11.3 Å². The summed E-state index contributed by atoms with van der Waals surface area (Å²) in [5.41, 5.74) is 6.50. The first kappa shape index (κ1) is 15.5. The summed E-state index contributed by atoms with van der Waals surface area (Å²) in [6.45, 7) is 0. The van der Waals surface area contributed by atoms with E-state index in [4.69, 9.17) is 0 Å². The molecule has 126 valence electrons. The highest BCUT2D eigenvalue weighted by molar-refractivity contribution is 8.09. The third kappa shape index (κ3) is 2.34. The molecule has 5 rings (SSSR count). The minimum atomic E-state index is -0.0518. The number of hydrogen-bond donors (Lipinski definition) is 0. The Bertz CT molecular complexity index is 980. The largest absolute Gasteiger partial charge is 0.338 e. The van der Waals surface area contributed by atoms with Crippen LogP contribution in [-0.4, -0.2) is 16.2 Å². The van der Waals surface area contributed by atoms with E-state index in [2.05, 4.69) is 77.7 Å². The molecule has 0 aromatic heterocycles. The number of thioether (sulfide) groups is 1. The minimum absolute atomic E-state index is 0.0518. The van der Waals surface area contributed by atoms with Crippen LogP contribution >= 0.6 is 11.8 Å². The molecule has 3 aliphatic heterocycles. The molecule has 0 unspecified atom stereocenters.